The zero-order chi connectivity index (χ0) is 32.4. The summed E-state index contributed by atoms with van der Waals surface area (Å²) in [7, 11) is 0. The molecule has 8 aromatic rings. The molecule has 0 heterocycles. The van der Waals surface area contributed by atoms with Crippen LogP contribution in [0.15, 0.2) is 133 Å². The van der Waals surface area contributed by atoms with Crippen LogP contribution in [0.2, 0.25) is 13.1 Å². The summed E-state index contributed by atoms with van der Waals surface area (Å²) >= 11 is 1.74. The number of halogens is 2. The van der Waals surface area contributed by atoms with E-state index in [4.69, 9.17) is 0 Å². The molecule has 0 unspecified atom stereocenters. The summed E-state index contributed by atoms with van der Waals surface area (Å²) < 4.78 is 0. The van der Waals surface area contributed by atoms with Gasteiger partial charge < -0.3 is 24.8 Å². The largest absolute Gasteiger partial charge is 1.00 e. The van der Waals surface area contributed by atoms with Gasteiger partial charge in [-0.05, 0) is 32.7 Å². The molecule has 0 nitrogen and oxygen atoms in total. The third-order valence-electron chi connectivity index (χ3n) is 8.66. The number of hydrogen-bond donors (Lipinski definition) is 0. The van der Waals surface area contributed by atoms with E-state index in [1.54, 1.807) is 23.3 Å². The van der Waals surface area contributed by atoms with Crippen molar-refractivity contribution in [2.75, 3.05) is 0 Å². The summed E-state index contributed by atoms with van der Waals surface area (Å²) in [6.07, 6.45) is 0. The summed E-state index contributed by atoms with van der Waals surface area (Å²) in [5, 5.41) is 10.7. The van der Waals surface area contributed by atoms with Crippen LogP contribution in [0, 0.1) is 27.7 Å². The molecule has 0 saturated carbocycles. The zero-order valence-corrected chi connectivity index (χ0v) is 33.4. The number of rotatable bonds is 2. The van der Waals surface area contributed by atoms with E-state index in [0.717, 1.165) is 0 Å². The van der Waals surface area contributed by atoms with Gasteiger partial charge >= 0.3 is 41.9 Å². The predicted octanol–water partition coefficient (Wildman–Crippen LogP) is 6.78. The summed E-state index contributed by atoms with van der Waals surface area (Å²) in [5.74, 6) is 0. The van der Waals surface area contributed by atoms with Crippen molar-refractivity contribution in [1.82, 2.24) is 0 Å². The van der Waals surface area contributed by atoms with Crippen LogP contribution >= 0.6 is 0 Å². The Kier molecular flexibility index (Phi) is 12.9. The van der Waals surface area contributed by atoms with Gasteiger partial charge in [-0.3, -0.25) is 0 Å². The molecule has 240 valence electrons. The van der Waals surface area contributed by atoms with Crippen LogP contribution in [0.5, 0.6) is 0 Å². The topological polar surface area (TPSA) is 0 Å². The minimum Gasteiger partial charge on any atom is -1.00 e. The molecule has 0 radical (unpaired) electrons. The van der Waals surface area contributed by atoms with Crippen LogP contribution in [0.3, 0.4) is 0 Å². The Labute approximate surface area is 313 Å². The standard InChI is InChI=1S/2C21H17.C2H6Si.2ClH.Zr/c2*1-14-12-20-15(2)10-11-19(21(20)13-14)18-9-5-7-16-6-3-4-8-17(16)18;1-3-2;;;/h2*3-13H,1-2H3;1-2H3;2*1H;/q2*-1;;;;+2/p-2. The SMILES string of the molecule is C[Si](C)=[Zr+2].Cc1cc2c(-c3cccc4ccccc34)ccc(C)c2[cH-]1.Cc1cc2c(-c3cccc4ccccc34)ccc(C)c2[cH-]1.[Cl-].[Cl-]. The molecule has 0 spiro atoms. The summed E-state index contributed by atoms with van der Waals surface area (Å²) in [4.78, 5) is 0. The average molecular weight is 759 g/mol. The van der Waals surface area contributed by atoms with E-state index in [9.17, 15) is 0 Å². The molecule has 0 aliphatic rings. The molecule has 0 amide bonds. The number of fused-ring (bicyclic) bond motifs is 4. The van der Waals surface area contributed by atoms with E-state index in [-0.39, 0.29) is 30.2 Å². The summed E-state index contributed by atoms with van der Waals surface area (Å²) in [6, 6.07) is 48.5. The minimum atomic E-state index is 0. The van der Waals surface area contributed by atoms with Gasteiger partial charge in [-0.25, -0.2) is 0 Å². The molecule has 48 heavy (non-hydrogen) atoms. The Bertz CT molecular complexity index is 2180. The molecule has 0 saturated heterocycles. The van der Waals surface area contributed by atoms with Crippen molar-refractivity contribution in [3.63, 3.8) is 0 Å². The summed E-state index contributed by atoms with van der Waals surface area (Å²) in [6.45, 7) is 13.3. The van der Waals surface area contributed by atoms with E-state index >= 15 is 0 Å². The smallest absolute Gasteiger partial charge is 0.0114 e. The molecule has 0 atom stereocenters. The van der Waals surface area contributed by atoms with Crippen LogP contribution < -0.4 is 24.8 Å². The van der Waals surface area contributed by atoms with E-state index in [2.05, 4.69) is 174 Å². The maximum atomic E-state index is 2.31. The number of aryl methyl sites for hydroxylation is 4. The molecular weight excluding hydrogens is 719 g/mol. The Morgan fingerprint density at radius 1 is 0.438 bits per heavy atom. The summed E-state index contributed by atoms with van der Waals surface area (Å²) in [5.41, 5.74) is 10.9. The van der Waals surface area contributed by atoms with Crippen LogP contribution in [-0.2, 0) is 23.3 Å². The molecular formula is C44H40Cl2SiZr-2. The maximum absolute atomic E-state index is 2.31. The fourth-order valence-corrected chi connectivity index (χ4v) is 6.57. The fraction of sp³-hybridized carbons (Fsp3) is 0.136. The van der Waals surface area contributed by atoms with Crippen LogP contribution in [-0.4, -0.2) is 5.43 Å². The molecule has 0 fully saturated rings. The fourth-order valence-electron chi connectivity index (χ4n) is 6.57. The molecule has 0 N–H and O–H groups in total. The van der Waals surface area contributed by atoms with Crippen molar-refractivity contribution < 1.29 is 48.1 Å². The Morgan fingerprint density at radius 3 is 1.17 bits per heavy atom. The number of hydrogen-bond acceptors (Lipinski definition) is 0. The first-order valence-corrected chi connectivity index (χ1v) is 22.2. The van der Waals surface area contributed by atoms with Crippen molar-refractivity contribution in [3.8, 4) is 22.3 Å². The molecule has 8 aromatic carbocycles. The Balaban J connectivity index is 0.000000188. The normalized spacial score (nSPS) is 10.5. The average Bonchev–Trinajstić information content (AvgIpc) is 3.64. The molecule has 8 rings (SSSR count). The third kappa shape index (κ3) is 7.96. The first kappa shape index (κ1) is 37.6. The molecule has 0 bridgehead atoms. The second kappa shape index (κ2) is 16.4. The zero-order valence-electron chi connectivity index (χ0n) is 28.5. The van der Waals surface area contributed by atoms with E-state index in [1.807, 2.05) is 0 Å². The van der Waals surface area contributed by atoms with Gasteiger partial charge in [0.2, 0.25) is 0 Å². The van der Waals surface area contributed by atoms with Crippen LogP contribution in [0.25, 0.3) is 65.3 Å². The van der Waals surface area contributed by atoms with Gasteiger partial charge in [0.15, 0.2) is 0 Å². The van der Waals surface area contributed by atoms with Crippen molar-refractivity contribution >= 4 is 48.5 Å². The van der Waals surface area contributed by atoms with E-state index < -0.39 is 0 Å². The van der Waals surface area contributed by atoms with Gasteiger partial charge in [0.05, 0.1) is 0 Å². The predicted molar refractivity (Wildman–Crippen MR) is 201 cm³/mol. The molecule has 0 aliphatic heterocycles. The van der Waals surface area contributed by atoms with Crippen LogP contribution in [0.4, 0.5) is 0 Å². The monoisotopic (exact) mass is 756 g/mol. The molecule has 0 aromatic heterocycles. The van der Waals surface area contributed by atoms with E-state index in [1.165, 1.54) is 87.6 Å². The third-order valence-corrected chi connectivity index (χ3v) is 8.66. The van der Waals surface area contributed by atoms with Crippen LogP contribution in [0.1, 0.15) is 22.3 Å². The second-order valence-electron chi connectivity index (χ2n) is 12.6. The molecule has 0 aliphatic carbocycles. The van der Waals surface area contributed by atoms with Gasteiger partial charge in [0.25, 0.3) is 0 Å². The number of benzene rings is 6. The molecule has 4 heteroatoms. The maximum Gasteiger partial charge on any atom is -0.0114 e. The van der Waals surface area contributed by atoms with Crippen molar-refractivity contribution in [2.45, 2.75) is 40.8 Å². The Hall–Kier alpha value is -3.26. The minimum absolute atomic E-state index is 0. The first-order valence-electron chi connectivity index (χ1n) is 16.0. The van der Waals surface area contributed by atoms with Gasteiger partial charge in [0.1, 0.15) is 0 Å². The Morgan fingerprint density at radius 2 is 0.771 bits per heavy atom. The van der Waals surface area contributed by atoms with Crippen molar-refractivity contribution in [3.05, 3.63) is 156 Å². The quantitative estimate of drug-likeness (QED) is 0.135. The van der Waals surface area contributed by atoms with Gasteiger partial charge in [-0.15, -0.1) is 68.1 Å². The second-order valence-corrected chi connectivity index (χ2v) is 22.0. The first-order chi connectivity index (χ1) is 22.2. The van der Waals surface area contributed by atoms with Gasteiger partial charge in [-0.2, -0.15) is 12.1 Å². The van der Waals surface area contributed by atoms with E-state index in [0.29, 0.717) is 0 Å². The van der Waals surface area contributed by atoms with Gasteiger partial charge in [0, 0.05) is 0 Å². The van der Waals surface area contributed by atoms with Crippen molar-refractivity contribution in [1.29, 1.82) is 0 Å². The van der Waals surface area contributed by atoms with Gasteiger partial charge in [-0.1, -0.05) is 136 Å². The van der Waals surface area contributed by atoms with Crippen molar-refractivity contribution in [2.24, 2.45) is 0 Å².